The molecule has 0 amide bonds. The summed E-state index contributed by atoms with van der Waals surface area (Å²) < 4.78 is 12.9. The Morgan fingerprint density at radius 2 is 1.92 bits per heavy atom. The van der Waals surface area contributed by atoms with Crippen LogP contribution < -0.4 is 0 Å². The van der Waals surface area contributed by atoms with E-state index in [9.17, 15) is 4.39 Å². The average Bonchev–Trinajstić information content (AvgIpc) is 2.18. The molecule has 0 saturated heterocycles. The Labute approximate surface area is 82.3 Å². The Morgan fingerprint density at radius 1 is 1.31 bits per heavy atom. The van der Waals surface area contributed by atoms with Crippen LogP contribution in [0, 0.1) is 0 Å². The van der Waals surface area contributed by atoms with Gasteiger partial charge in [-0.25, -0.2) is 4.39 Å². The fourth-order valence-electron chi connectivity index (χ4n) is 0.902. The van der Waals surface area contributed by atoms with E-state index in [2.05, 4.69) is 0 Å². The maximum Gasteiger partial charge on any atom is 0.137 e. The lowest BCUT2D eigenvalue weighted by atomic mass is 10.2. The maximum atomic E-state index is 12.9. The maximum absolute atomic E-state index is 12.9. The predicted molar refractivity (Wildman–Crippen MR) is 55.1 cm³/mol. The van der Waals surface area contributed by atoms with Crippen molar-refractivity contribution in [3.8, 4) is 0 Å². The van der Waals surface area contributed by atoms with Crippen molar-refractivity contribution in [1.29, 1.82) is 0 Å². The van der Waals surface area contributed by atoms with Gasteiger partial charge in [-0.05, 0) is 18.6 Å². The summed E-state index contributed by atoms with van der Waals surface area (Å²) in [5.74, 6) is -0.398. The van der Waals surface area contributed by atoms with Gasteiger partial charge in [-0.2, -0.15) is 0 Å². The largest absolute Gasteiger partial charge is 0.206 e. The molecule has 0 spiro atoms. The summed E-state index contributed by atoms with van der Waals surface area (Å²) >= 11 is 5.68. The van der Waals surface area contributed by atoms with Gasteiger partial charge in [0, 0.05) is 0 Å². The molecule has 0 aliphatic heterocycles. The third kappa shape index (κ3) is 3.03. The fraction of sp³-hybridized carbons (Fsp3) is 0.0909. The van der Waals surface area contributed by atoms with Gasteiger partial charge < -0.3 is 0 Å². The van der Waals surface area contributed by atoms with E-state index < -0.39 is 5.83 Å². The van der Waals surface area contributed by atoms with Gasteiger partial charge in [0.15, 0.2) is 0 Å². The molecule has 0 heterocycles. The predicted octanol–water partition coefficient (Wildman–Crippen LogP) is 4.14. The van der Waals surface area contributed by atoms with Crippen molar-refractivity contribution >= 4 is 17.7 Å². The van der Waals surface area contributed by atoms with Crippen molar-refractivity contribution in [3.63, 3.8) is 0 Å². The van der Waals surface area contributed by atoms with Gasteiger partial charge in [0.2, 0.25) is 0 Å². The normalized spacial score (nSPS) is 13.2. The van der Waals surface area contributed by atoms with E-state index in [1.165, 1.54) is 6.08 Å². The molecule has 0 radical (unpaired) electrons. The number of rotatable bonds is 2. The highest BCUT2D eigenvalue weighted by Gasteiger charge is 1.98. The summed E-state index contributed by atoms with van der Waals surface area (Å²) in [5.41, 5.74) is 0.893. The Balaban J connectivity index is 2.89. The van der Waals surface area contributed by atoms with Crippen LogP contribution in [0.15, 0.2) is 47.3 Å². The van der Waals surface area contributed by atoms with E-state index in [0.29, 0.717) is 0 Å². The molecule has 0 aliphatic carbocycles. The van der Waals surface area contributed by atoms with Gasteiger partial charge in [0.25, 0.3) is 0 Å². The van der Waals surface area contributed by atoms with Crippen LogP contribution in [0.5, 0.6) is 0 Å². The number of halogens is 2. The molecule has 0 saturated carbocycles. The Morgan fingerprint density at radius 3 is 2.46 bits per heavy atom. The second kappa shape index (κ2) is 4.83. The molecule has 0 aliphatic rings. The zero-order valence-electron chi connectivity index (χ0n) is 7.30. The van der Waals surface area contributed by atoms with E-state index in [-0.39, 0.29) is 5.03 Å². The van der Waals surface area contributed by atoms with Crippen molar-refractivity contribution in [2.24, 2.45) is 0 Å². The Hall–Kier alpha value is -1.08. The first-order valence-electron chi connectivity index (χ1n) is 3.98. The van der Waals surface area contributed by atoms with Crippen molar-refractivity contribution in [2.75, 3.05) is 0 Å². The van der Waals surface area contributed by atoms with Gasteiger partial charge in [0.1, 0.15) is 5.83 Å². The highest BCUT2D eigenvalue weighted by Crippen LogP contribution is 2.19. The monoisotopic (exact) mass is 196 g/mol. The highest BCUT2D eigenvalue weighted by atomic mass is 35.5. The molecule has 2 heteroatoms. The number of allylic oxidation sites excluding steroid dienone is 3. The molecular formula is C11H10ClF. The summed E-state index contributed by atoms with van der Waals surface area (Å²) in [6.07, 6.45) is 2.93. The third-order valence-corrected chi connectivity index (χ3v) is 1.86. The van der Waals surface area contributed by atoms with Gasteiger partial charge in [-0.3, -0.25) is 0 Å². The molecule has 0 atom stereocenters. The van der Waals surface area contributed by atoms with Crippen LogP contribution in [-0.2, 0) is 0 Å². The second-order valence-corrected chi connectivity index (χ2v) is 2.95. The number of benzene rings is 1. The zero-order chi connectivity index (χ0) is 9.68. The summed E-state index contributed by atoms with van der Waals surface area (Å²) in [6.45, 7) is 1.61. The first kappa shape index (κ1) is 10.0. The topological polar surface area (TPSA) is 0 Å². The van der Waals surface area contributed by atoms with E-state index in [0.717, 1.165) is 5.56 Å². The molecule has 0 N–H and O–H groups in total. The molecule has 68 valence electrons. The molecule has 0 fully saturated rings. The number of hydrogen-bond donors (Lipinski definition) is 0. The van der Waals surface area contributed by atoms with Gasteiger partial charge in [0.05, 0.1) is 5.03 Å². The smallest absolute Gasteiger partial charge is 0.137 e. The van der Waals surface area contributed by atoms with Crippen LogP contribution >= 0.6 is 11.6 Å². The standard InChI is InChI=1S/C11H10ClF/c1-2-11(13)10(12)8-9-6-4-3-5-7-9/h2-8H,1H3/b10-8-,11-2-. The van der Waals surface area contributed by atoms with E-state index >= 15 is 0 Å². The minimum absolute atomic E-state index is 0.133. The Kier molecular flexibility index (Phi) is 3.71. The lowest BCUT2D eigenvalue weighted by Crippen LogP contribution is -1.74. The van der Waals surface area contributed by atoms with Gasteiger partial charge >= 0.3 is 0 Å². The SMILES string of the molecule is C/C=C(F)/C(Cl)=C/c1ccccc1. The van der Waals surface area contributed by atoms with Crippen LogP contribution in [0.25, 0.3) is 6.08 Å². The molecule has 0 unspecified atom stereocenters. The second-order valence-electron chi connectivity index (χ2n) is 2.54. The lowest BCUT2D eigenvalue weighted by Gasteiger charge is -1.94. The molecule has 0 aromatic heterocycles. The molecule has 1 aromatic rings. The molecule has 1 rings (SSSR count). The summed E-state index contributed by atoms with van der Waals surface area (Å²) in [4.78, 5) is 0. The summed E-state index contributed by atoms with van der Waals surface area (Å²) in [7, 11) is 0. The van der Waals surface area contributed by atoms with E-state index in [4.69, 9.17) is 11.6 Å². The van der Waals surface area contributed by atoms with Crippen molar-refractivity contribution < 1.29 is 4.39 Å². The van der Waals surface area contributed by atoms with Gasteiger partial charge in [-0.15, -0.1) is 0 Å². The highest BCUT2D eigenvalue weighted by molar-refractivity contribution is 6.33. The van der Waals surface area contributed by atoms with Crippen molar-refractivity contribution in [1.82, 2.24) is 0 Å². The molecular weight excluding hydrogens is 187 g/mol. The molecule has 0 bridgehead atoms. The third-order valence-electron chi connectivity index (χ3n) is 1.57. The number of hydrogen-bond acceptors (Lipinski definition) is 0. The minimum Gasteiger partial charge on any atom is -0.206 e. The van der Waals surface area contributed by atoms with Crippen molar-refractivity contribution in [3.05, 3.63) is 52.8 Å². The van der Waals surface area contributed by atoms with Crippen LogP contribution in [0.3, 0.4) is 0 Å². The van der Waals surface area contributed by atoms with Crippen LogP contribution in [-0.4, -0.2) is 0 Å². The quantitative estimate of drug-likeness (QED) is 0.624. The fourth-order valence-corrected chi connectivity index (χ4v) is 1.14. The molecule has 13 heavy (non-hydrogen) atoms. The first-order valence-corrected chi connectivity index (χ1v) is 4.36. The lowest BCUT2D eigenvalue weighted by molar-refractivity contribution is 0.661. The van der Waals surface area contributed by atoms with E-state index in [1.54, 1.807) is 13.0 Å². The Bertz CT molecular complexity index is 325. The van der Waals surface area contributed by atoms with Crippen LogP contribution in [0.2, 0.25) is 0 Å². The zero-order valence-corrected chi connectivity index (χ0v) is 8.05. The van der Waals surface area contributed by atoms with Crippen LogP contribution in [0.4, 0.5) is 4.39 Å². The van der Waals surface area contributed by atoms with Crippen LogP contribution in [0.1, 0.15) is 12.5 Å². The first-order chi connectivity index (χ1) is 6.24. The van der Waals surface area contributed by atoms with E-state index in [1.807, 2.05) is 30.3 Å². The molecule has 1 aromatic carbocycles. The van der Waals surface area contributed by atoms with Crippen molar-refractivity contribution in [2.45, 2.75) is 6.92 Å². The summed E-state index contributed by atoms with van der Waals surface area (Å²) in [6, 6.07) is 9.39. The molecule has 0 nitrogen and oxygen atoms in total. The minimum atomic E-state index is -0.398. The van der Waals surface area contributed by atoms with Gasteiger partial charge in [-0.1, -0.05) is 48.0 Å². The summed E-state index contributed by atoms with van der Waals surface area (Å²) in [5, 5.41) is 0.133. The average molecular weight is 197 g/mol.